The fourth-order valence-corrected chi connectivity index (χ4v) is 2.87. The van der Waals surface area contributed by atoms with Crippen molar-refractivity contribution < 1.29 is 9.21 Å². The lowest BCUT2D eigenvalue weighted by atomic mass is 10.1. The third-order valence-corrected chi connectivity index (χ3v) is 4.39. The Morgan fingerprint density at radius 1 is 1.04 bits per heavy atom. The molecule has 0 spiro atoms. The van der Waals surface area contributed by atoms with E-state index in [1.165, 1.54) is 35.5 Å². The maximum atomic E-state index is 12.4. The molecule has 0 aliphatic rings. The average molecular weight is 364 g/mol. The Hall–Kier alpha value is -3.08. The molecule has 0 atom stereocenters. The maximum absolute atomic E-state index is 12.4. The summed E-state index contributed by atoms with van der Waals surface area (Å²) in [4.78, 5) is 24.1. The van der Waals surface area contributed by atoms with Crippen LogP contribution in [0, 0.1) is 0 Å². The predicted octanol–water partition coefficient (Wildman–Crippen LogP) is 4.47. The summed E-state index contributed by atoms with van der Waals surface area (Å²) in [5.41, 5.74) is 1.89. The molecular weight excluding hydrogens is 340 g/mol. The number of pyridine rings is 1. The van der Waals surface area contributed by atoms with Gasteiger partial charge in [-0.15, -0.1) is 0 Å². The average Bonchev–Trinajstić information content (AvgIpc) is 3.14. The molecule has 1 aromatic carbocycles. The summed E-state index contributed by atoms with van der Waals surface area (Å²) in [6.45, 7) is 2.48. The number of carbonyl (C=O) groups is 1. The first kappa shape index (κ1) is 18.7. The maximum Gasteiger partial charge on any atom is 0.291 e. The highest BCUT2D eigenvalue weighted by Crippen LogP contribution is 2.15. The molecule has 5 heteroatoms. The smallest absolute Gasteiger partial charge is 0.291 e. The third-order valence-electron chi connectivity index (χ3n) is 4.39. The number of carbonyl (C=O) groups excluding carboxylic acids is 1. The lowest BCUT2D eigenvalue weighted by Crippen LogP contribution is -2.18. The topological polar surface area (TPSA) is 64.2 Å². The normalized spacial score (nSPS) is 10.7. The molecule has 0 saturated carbocycles. The van der Waals surface area contributed by atoms with Crippen molar-refractivity contribution in [3.8, 4) is 0 Å². The van der Waals surface area contributed by atoms with Crippen molar-refractivity contribution in [1.82, 2.24) is 4.57 Å². The van der Waals surface area contributed by atoms with Gasteiger partial charge in [0.05, 0.1) is 6.54 Å². The molecule has 0 fully saturated rings. The van der Waals surface area contributed by atoms with Crippen molar-refractivity contribution in [3.05, 3.63) is 88.2 Å². The van der Waals surface area contributed by atoms with Gasteiger partial charge in [0.25, 0.3) is 11.5 Å². The number of anilines is 1. The first-order valence-corrected chi connectivity index (χ1v) is 9.30. The van der Waals surface area contributed by atoms with Gasteiger partial charge in [0.2, 0.25) is 0 Å². The molecular formula is C22H24N2O3. The van der Waals surface area contributed by atoms with Crippen LogP contribution in [0.5, 0.6) is 0 Å². The van der Waals surface area contributed by atoms with E-state index in [2.05, 4.69) is 12.2 Å². The van der Waals surface area contributed by atoms with Gasteiger partial charge in [-0.25, -0.2) is 0 Å². The standard InChI is InChI=1S/C22H24N2O3/c1-2-3-4-7-17-9-11-18(12-10-17)23-22(26)20-14-13-19(27-20)16-24-15-6-5-8-21(24)25/h5-6,8-15H,2-4,7,16H2,1H3,(H,23,26). The summed E-state index contributed by atoms with van der Waals surface area (Å²) in [5.74, 6) is 0.473. The van der Waals surface area contributed by atoms with Gasteiger partial charge in [0.15, 0.2) is 5.76 Å². The van der Waals surface area contributed by atoms with E-state index in [1.807, 2.05) is 24.3 Å². The Balaban J connectivity index is 1.59. The van der Waals surface area contributed by atoms with E-state index < -0.39 is 0 Å². The molecule has 3 aromatic rings. The molecule has 2 heterocycles. The van der Waals surface area contributed by atoms with Crippen molar-refractivity contribution in [2.24, 2.45) is 0 Å². The van der Waals surface area contributed by atoms with Gasteiger partial charge in [-0.05, 0) is 48.7 Å². The predicted molar refractivity (Wildman–Crippen MR) is 106 cm³/mol. The zero-order valence-corrected chi connectivity index (χ0v) is 15.5. The minimum Gasteiger partial charge on any atom is -0.454 e. The molecule has 0 saturated heterocycles. The van der Waals surface area contributed by atoms with E-state index >= 15 is 0 Å². The van der Waals surface area contributed by atoms with E-state index in [0.29, 0.717) is 12.3 Å². The van der Waals surface area contributed by atoms with Crippen LogP contribution in [0.4, 0.5) is 5.69 Å². The Morgan fingerprint density at radius 3 is 2.59 bits per heavy atom. The minimum absolute atomic E-state index is 0.112. The Morgan fingerprint density at radius 2 is 1.85 bits per heavy atom. The highest BCUT2D eigenvalue weighted by Gasteiger charge is 2.12. The number of hydrogen-bond acceptors (Lipinski definition) is 3. The third kappa shape index (κ3) is 5.20. The van der Waals surface area contributed by atoms with Gasteiger partial charge >= 0.3 is 0 Å². The van der Waals surface area contributed by atoms with Crippen molar-refractivity contribution in [2.45, 2.75) is 39.2 Å². The molecule has 27 heavy (non-hydrogen) atoms. The van der Waals surface area contributed by atoms with E-state index in [-0.39, 0.29) is 17.2 Å². The lowest BCUT2D eigenvalue weighted by molar-refractivity contribution is 0.0994. The van der Waals surface area contributed by atoms with Crippen LogP contribution in [0.25, 0.3) is 0 Å². The van der Waals surface area contributed by atoms with E-state index in [1.54, 1.807) is 30.5 Å². The quantitative estimate of drug-likeness (QED) is 0.600. The van der Waals surface area contributed by atoms with Crippen LogP contribution in [0.3, 0.4) is 0 Å². The monoisotopic (exact) mass is 364 g/mol. The number of nitrogens with zero attached hydrogens (tertiary/aromatic N) is 1. The number of amides is 1. The highest BCUT2D eigenvalue weighted by molar-refractivity contribution is 6.02. The van der Waals surface area contributed by atoms with Gasteiger partial charge in [-0.3, -0.25) is 9.59 Å². The largest absolute Gasteiger partial charge is 0.454 e. The lowest BCUT2D eigenvalue weighted by Gasteiger charge is -2.06. The fraction of sp³-hybridized carbons (Fsp3) is 0.273. The fourth-order valence-electron chi connectivity index (χ4n) is 2.87. The van der Waals surface area contributed by atoms with Crippen LogP contribution in [-0.4, -0.2) is 10.5 Å². The van der Waals surface area contributed by atoms with Gasteiger partial charge < -0.3 is 14.3 Å². The molecule has 0 radical (unpaired) electrons. The van der Waals surface area contributed by atoms with Gasteiger partial charge in [0.1, 0.15) is 5.76 Å². The molecule has 2 aromatic heterocycles. The second kappa shape index (κ2) is 9.03. The number of furan rings is 1. The molecule has 1 amide bonds. The van der Waals surface area contributed by atoms with E-state index in [0.717, 1.165) is 12.1 Å². The van der Waals surface area contributed by atoms with E-state index in [9.17, 15) is 9.59 Å². The summed E-state index contributed by atoms with van der Waals surface area (Å²) in [6.07, 6.45) is 6.36. The van der Waals surface area contributed by atoms with Crippen LogP contribution in [0.15, 0.2) is 70.0 Å². The molecule has 3 rings (SSSR count). The Kier molecular flexibility index (Phi) is 6.26. The van der Waals surface area contributed by atoms with Crippen LogP contribution >= 0.6 is 0 Å². The van der Waals surface area contributed by atoms with Crippen molar-refractivity contribution in [3.63, 3.8) is 0 Å². The summed E-state index contributed by atoms with van der Waals surface area (Å²) in [7, 11) is 0. The molecule has 1 N–H and O–H groups in total. The van der Waals surface area contributed by atoms with Crippen molar-refractivity contribution >= 4 is 11.6 Å². The van der Waals surface area contributed by atoms with Crippen molar-refractivity contribution in [1.29, 1.82) is 0 Å². The summed E-state index contributed by atoms with van der Waals surface area (Å²) in [5, 5.41) is 2.84. The Bertz CT molecular complexity index is 938. The van der Waals surface area contributed by atoms with Crippen LogP contribution < -0.4 is 10.9 Å². The van der Waals surface area contributed by atoms with Gasteiger partial charge in [-0.2, -0.15) is 0 Å². The van der Waals surface area contributed by atoms with E-state index in [4.69, 9.17) is 4.42 Å². The highest BCUT2D eigenvalue weighted by atomic mass is 16.4. The molecule has 0 aliphatic carbocycles. The zero-order valence-electron chi connectivity index (χ0n) is 15.5. The Labute approximate surface area is 158 Å². The summed E-state index contributed by atoms with van der Waals surface area (Å²) < 4.78 is 7.12. The van der Waals surface area contributed by atoms with Crippen LogP contribution in [-0.2, 0) is 13.0 Å². The summed E-state index contributed by atoms with van der Waals surface area (Å²) >= 11 is 0. The number of benzene rings is 1. The number of unbranched alkanes of at least 4 members (excludes halogenated alkanes) is 2. The van der Waals surface area contributed by atoms with Gasteiger partial charge in [-0.1, -0.05) is 38.0 Å². The second-order valence-corrected chi connectivity index (χ2v) is 6.54. The number of aromatic nitrogens is 1. The SMILES string of the molecule is CCCCCc1ccc(NC(=O)c2ccc(Cn3ccccc3=O)o2)cc1. The van der Waals surface area contributed by atoms with Crippen LogP contribution in [0.2, 0.25) is 0 Å². The first-order valence-electron chi connectivity index (χ1n) is 9.30. The minimum atomic E-state index is -0.305. The molecule has 0 aliphatic heterocycles. The zero-order chi connectivity index (χ0) is 19.1. The summed E-state index contributed by atoms with van der Waals surface area (Å²) in [6, 6.07) is 16.2. The van der Waals surface area contributed by atoms with Crippen molar-refractivity contribution in [2.75, 3.05) is 5.32 Å². The molecule has 0 bridgehead atoms. The molecule has 5 nitrogen and oxygen atoms in total. The number of aryl methyl sites for hydroxylation is 1. The van der Waals surface area contributed by atoms with Gasteiger partial charge in [0, 0.05) is 18.0 Å². The molecule has 140 valence electrons. The second-order valence-electron chi connectivity index (χ2n) is 6.54. The number of nitrogens with one attached hydrogen (secondary N) is 1. The first-order chi connectivity index (χ1) is 13.2. The van der Waals surface area contributed by atoms with Crippen LogP contribution in [0.1, 0.15) is 48.1 Å². The number of rotatable bonds is 8. The number of hydrogen-bond donors (Lipinski definition) is 1. The molecule has 0 unspecified atom stereocenters.